The van der Waals surface area contributed by atoms with Crippen molar-refractivity contribution >= 4 is 11.9 Å². The number of carbonyl (C=O) groups excluding carboxylic acids is 2. The molecule has 0 fully saturated rings. The molecule has 0 aliphatic rings. The van der Waals surface area contributed by atoms with Gasteiger partial charge in [-0.15, -0.1) is 0 Å². The highest BCUT2D eigenvalue weighted by Crippen LogP contribution is 2.28. The van der Waals surface area contributed by atoms with Gasteiger partial charge >= 0.3 is 5.97 Å². The molecule has 8 heteroatoms. The van der Waals surface area contributed by atoms with Crippen molar-refractivity contribution in [2.24, 2.45) is 5.73 Å². The van der Waals surface area contributed by atoms with E-state index in [1.54, 1.807) is 13.8 Å². The van der Waals surface area contributed by atoms with Crippen molar-refractivity contribution in [2.45, 2.75) is 20.5 Å². The Bertz CT molecular complexity index is 734. The number of benzene rings is 1. The Hall–Kier alpha value is -3.03. The Balaban J connectivity index is 2.08. The molecule has 1 amide bonds. The predicted octanol–water partition coefficient (Wildman–Crippen LogP) is 1.52. The summed E-state index contributed by atoms with van der Waals surface area (Å²) in [7, 11) is 1.42. The van der Waals surface area contributed by atoms with Gasteiger partial charge in [-0.1, -0.05) is 5.16 Å². The Morgan fingerprint density at radius 3 is 2.58 bits per heavy atom. The molecule has 0 saturated heterocycles. The molecule has 0 aliphatic carbocycles. The van der Waals surface area contributed by atoms with Gasteiger partial charge in [-0.3, -0.25) is 4.79 Å². The number of aromatic nitrogens is 1. The second-order valence-corrected chi connectivity index (χ2v) is 5.00. The highest BCUT2D eigenvalue weighted by molar-refractivity contribution is 5.90. The first-order chi connectivity index (χ1) is 11.4. The van der Waals surface area contributed by atoms with Crippen LogP contribution in [0.1, 0.15) is 27.4 Å². The van der Waals surface area contributed by atoms with Gasteiger partial charge in [0.15, 0.2) is 18.1 Å². The van der Waals surface area contributed by atoms with E-state index in [2.05, 4.69) is 5.16 Å². The summed E-state index contributed by atoms with van der Waals surface area (Å²) >= 11 is 0. The average Bonchev–Trinajstić information content (AvgIpc) is 2.88. The van der Waals surface area contributed by atoms with Gasteiger partial charge < -0.3 is 24.5 Å². The molecule has 2 aromatic rings. The monoisotopic (exact) mass is 334 g/mol. The minimum absolute atomic E-state index is 0.0578. The lowest BCUT2D eigenvalue weighted by molar-refractivity contribution is -0.119. The Kier molecular flexibility index (Phi) is 5.41. The van der Waals surface area contributed by atoms with E-state index in [4.69, 9.17) is 24.5 Å². The maximum Gasteiger partial charge on any atom is 0.338 e. The van der Waals surface area contributed by atoms with Crippen LogP contribution >= 0.6 is 0 Å². The molecule has 0 radical (unpaired) electrons. The van der Waals surface area contributed by atoms with Crippen molar-refractivity contribution in [2.75, 3.05) is 13.7 Å². The van der Waals surface area contributed by atoms with Crippen LogP contribution in [0.4, 0.5) is 0 Å². The van der Waals surface area contributed by atoms with Gasteiger partial charge in [-0.05, 0) is 32.0 Å². The summed E-state index contributed by atoms with van der Waals surface area (Å²) in [6.45, 7) is 3.29. The van der Waals surface area contributed by atoms with E-state index in [1.165, 1.54) is 25.3 Å². The lowest BCUT2D eigenvalue weighted by Gasteiger charge is -2.11. The number of nitrogens with zero attached hydrogens (tertiary/aromatic N) is 1. The molecule has 0 bridgehead atoms. The number of rotatable bonds is 7. The minimum atomic E-state index is -0.611. The molecular weight excluding hydrogens is 316 g/mol. The normalized spacial score (nSPS) is 10.3. The van der Waals surface area contributed by atoms with Crippen molar-refractivity contribution in [1.29, 1.82) is 0 Å². The topological polar surface area (TPSA) is 114 Å². The zero-order chi connectivity index (χ0) is 17.7. The van der Waals surface area contributed by atoms with Crippen LogP contribution in [0, 0.1) is 13.8 Å². The second-order valence-electron chi connectivity index (χ2n) is 5.00. The SMILES string of the molecule is COc1cc(C(=O)OCc2c(C)noc2C)ccc1OCC(N)=O. The molecule has 1 aromatic carbocycles. The van der Waals surface area contributed by atoms with Gasteiger partial charge in [-0.2, -0.15) is 0 Å². The van der Waals surface area contributed by atoms with Crippen molar-refractivity contribution in [3.8, 4) is 11.5 Å². The van der Waals surface area contributed by atoms with Crippen LogP contribution < -0.4 is 15.2 Å². The number of ether oxygens (including phenoxy) is 3. The van der Waals surface area contributed by atoms with Crippen molar-refractivity contribution in [3.05, 3.63) is 40.8 Å². The predicted molar refractivity (Wildman–Crippen MR) is 82.8 cm³/mol. The molecule has 0 atom stereocenters. The molecule has 128 valence electrons. The molecule has 1 heterocycles. The maximum absolute atomic E-state index is 12.2. The standard InChI is InChI=1S/C16H18N2O6/c1-9-12(10(2)24-18-9)7-23-16(20)11-4-5-13(14(6-11)21-3)22-8-15(17)19/h4-6H,7-8H2,1-3H3,(H2,17,19). The first kappa shape index (κ1) is 17.3. The van der Waals surface area contributed by atoms with E-state index in [0.29, 0.717) is 23.0 Å². The lowest BCUT2D eigenvalue weighted by Crippen LogP contribution is -2.20. The highest BCUT2D eigenvalue weighted by atomic mass is 16.5. The molecule has 0 unspecified atom stereocenters. The first-order valence-electron chi connectivity index (χ1n) is 7.10. The second kappa shape index (κ2) is 7.49. The van der Waals surface area contributed by atoms with E-state index in [0.717, 1.165) is 5.56 Å². The number of esters is 1. The average molecular weight is 334 g/mol. The van der Waals surface area contributed by atoms with E-state index in [1.807, 2.05) is 0 Å². The third-order valence-corrected chi connectivity index (χ3v) is 3.30. The van der Waals surface area contributed by atoms with Gasteiger partial charge in [-0.25, -0.2) is 4.79 Å². The molecule has 0 aliphatic heterocycles. The van der Waals surface area contributed by atoms with Crippen molar-refractivity contribution < 1.29 is 28.3 Å². The van der Waals surface area contributed by atoms with Crippen LogP contribution in [-0.2, 0) is 16.1 Å². The first-order valence-corrected chi connectivity index (χ1v) is 7.10. The van der Waals surface area contributed by atoms with Gasteiger partial charge in [0.1, 0.15) is 12.4 Å². The fourth-order valence-corrected chi connectivity index (χ4v) is 1.99. The molecule has 0 spiro atoms. The summed E-state index contributed by atoms with van der Waals surface area (Å²) in [6.07, 6.45) is 0. The molecule has 0 saturated carbocycles. The van der Waals surface area contributed by atoms with Crippen LogP contribution in [0.25, 0.3) is 0 Å². The number of methoxy groups -OCH3 is 1. The quantitative estimate of drug-likeness (QED) is 0.763. The number of nitrogens with two attached hydrogens (primary N) is 1. The van der Waals surface area contributed by atoms with Gasteiger partial charge in [0.2, 0.25) is 0 Å². The van der Waals surface area contributed by atoms with Crippen LogP contribution in [0.5, 0.6) is 11.5 Å². The maximum atomic E-state index is 12.2. The number of aryl methyl sites for hydroxylation is 2. The Labute approximate surface area is 138 Å². The van der Waals surface area contributed by atoms with Crippen LogP contribution in [0.2, 0.25) is 0 Å². The fraction of sp³-hybridized carbons (Fsp3) is 0.312. The van der Waals surface area contributed by atoms with Crippen molar-refractivity contribution in [3.63, 3.8) is 0 Å². The van der Waals surface area contributed by atoms with E-state index < -0.39 is 11.9 Å². The number of amides is 1. The number of hydrogen-bond donors (Lipinski definition) is 1. The summed E-state index contributed by atoms with van der Waals surface area (Å²) in [5.74, 6) is 0.0597. The minimum Gasteiger partial charge on any atom is -0.493 e. The summed E-state index contributed by atoms with van der Waals surface area (Å²) in [4.78, 5) is 22.9. The molecule has 1 aromatic heterocycles. The molecule has 8 nitrogen and oxygen atoms in total. The lowest BCUT2D eigenvalue weighted by atomic mass is 10.2. The number of primary amides is 1. The summed E-state index contributed by atoms with van der Waals surface area (Å²) < 4.78 is 20.6. The van der Waals surface area contributed by atoms with Gasteiger partial charge in [0.05, 0.1) is 23.9 Å². The van der Waals surface area contributed by atoms with E-state index in [-0.39, 0.29) is 18.8 Å². The fourth-order valence-electron chi connectivity index (χ4n) is 1.99. The molecule has 24 heavy (non-hydrogen) atoms. The molecule has 2 N–H and O–H groups in total. The van der Waals surface area contributed by atoms with Crippen LogP contribution in [0.15, 0.2) is 22.7 Å². The molecular formula is C16H18N2O6. The zero-order valence-electron chi connectivity index (χ0n) is 13.6. The summed E-state index contributed by atoms with van der Waals surface area (Å²) in [6, 6.07) is 4.48. The van der Waals surface area contributed by atoms with E-state index in [9.17, 15) is 9.59 Å². The number of carbonyl (C=O) groups is 2. The largest absolute Gasteiger partial charge is 0.493 e. The zero-order valence-corrected chi connectivity index (χ0v) is 13.6. The highest BCUT2D eigenvalue weighted by Gasteiger charge is 2.15. The Morgan fingerprint density at radius 1 is 1.25 bits per heavy atom. The van der Waals surface area contributed by atoms with Gasteiger partial charge in [0, 0.05) is 0 Å². The number of hydrogen-bond acceptors (Lipinski definition) is 7. The van der Waals surface area contributed by atoms with Gasteiger partial charge in [0.25, 0.3) is 5.91 Å². The smallest absolute Gasteiger partial charge is 0.338 e. The van der Waals surface area contributed by atoms with E-state index >= 15 is 0 Å². The summed E-state index contributed by atoms with van der Waals surface area (Å²) in [5, 5.41) is 3.80. The van der Waals surface area contributed by atoms with Crippen molar-refractivity contribution in [1.82, 2.24) is 5.16 Å². The third kappa shape index (κ3) is 4.03. The summed E-state index contributed by atoms with van der Waals surface area (Å²) in [5.41, 5.74) is 6.72. The Morgan fingerprint density at radius 2 is 2.00 bits per heavy atom. The van der Waals surface area contributed by atoms with Crippen LogP contribution in [-0.4, -0.2) is 30.7 Å². The third-order valence-electron chi connectivity index (χ3n) is 3.30. The molecule has 2 rings (SSSR count). The van der Waals surface area contributed by atoms with Crippen LogP contribution in [0.3, 0.4) is 0 Å².